The van der Waals surface area contributed by atoms with Crippen LogP contribution in [0.1, 0.15) is 58.1 Å². The Morgan fingerprint density at radius 3 is 2.29 bits per heavy atom. The molecule has 0 bridgehead atoms. The Kier molecular flexibility index (Phi) is 7.45. The van der Waals surface area contributed by atoms with E-state index in [1.54, 1.807) is 49.6 Å². The van der Waals surface area contributed by atoms with Gasteiger partial charge < -0.3 is 21.5 Å². The van der Waals surface area contributed by atoms with Gasteiger partial charge in [0.05, 0.1) is 12.8 Å². The molecule has 184 valence electrons. The van der Waals surface area contributed by atoms with Crippen LogP contribution in [0.5, 0.6) is 5.75 Å². The fraction of sp³-hybridized carbons (Fsp3) is 0.280. The second kappa shape index (κ2) is 10.1. The van der Waals surface area contributed by atoms with Gasteiger partial charge in [-0.05, 0) is 74.6 Å². The van der Waals surface area contributed by atoms with Crippen LogP contribution >= 0.6 is 11.5 Å². The van der Waals surface area contributed by atoms with Gasteiger partial charge in [-0.15, -0.1) is 0 Å². The van der Waals surface area contributed by atoms with Gasteiger partial charge in [-0.1, -0.05) is 24.3 Å². The maximum absolute atomic E-state index is 14.0. The number of primary amides is 1. The highest BCUT2D eigenvalue weighted by Crippen LogP contribution is 2.34. The van der Waals surface area contributed by atoms with E-state index in [0.29, 0.717) is 17.0 Å². The van der Waals surface area contributed by atoms with Crippen LogP contribution in [0.2, 0.25) is 0 Å². The first kappa shape index (κ1) is 25.7. The number of nitrogens with one attached hydrogen (secondary N) is 1. The van der Waals surface area contributed by atoms with Crippen molar-refractivity contribution in [3.05, 3.63) is 70.2 Å². The summed E-state index contributed by atoms with van der Waals surface area (Å²) in [5, 5.41) is 2.97. The Morgan fingerprint density at radius 2 is 1.77 bits per heavy atom. The number of hydrogen-bond donors (Lipinski definition) is 3. The molecule has 0 saturated heterocycles. The predicted octanol–water partition coefficient (Wildman–Crippen LogP) is 3.44. The van der Waals surface area contributed by atoms with E-state index in [9.17, 15) is 14.4 Å². The molecule has 0 aliphatic carbocycles. The lowest BCUT2D eigenvalue weighted by atomic mass is 10.00. The Morgan fingerprint density at radius 1 is 1.11 bits per heavy atom. The molecule has 0 fully saturated rings. The molecule has 0 aliphatic heterocycles. The average Bonchev–Trinajstić information content (AvgIpc) is 3.17. The SMILES string of the molecule is COc1ccc([C@@H](C(=O)NC(C)(C)C)N(C(=O)c2snc(C(N)=O)c2N)c2cccc(C)c2)cc1. The largest absolute Gasteiger partial charge is 0.497 e. The summed E-state index contributed by atoms with van der Waals surface area (Å²) >= 11 is 0.765. The highest BCUT2D eigenvalue weighted by atomic mass is 32.1. The van der Waals surface area contributed by atoms with Gasteiger partial charge in [-0.25, -0.2) is 0 Å². The predicted molar refractivity (Wildman–Crippen MR) is 137 cm³/mol. The summed E-state index contributed by atoms with van der Waals surface area (Å²) in [5.41, 5.74) is 12.5. The first-order valence-electron chi connectivity index (χ1n) is 10.8. The molecule has 2 aromatic carbocycles. The molecule has 1 atom stereocenters. The Balaban J connectivity index is 2.23. The van der Waals surface area contributed by atoms with Crippen LogP contribution in [-0.2, 0) is 4.79 Å². The molecule has 3 rings (SSSR count). The van der Waals surface area contributed by atoms with Crippen molar-refractivity contribution in [2.75, 3.05) is 17.7 Å². The molecule has 0 radical (unpaired) electrons. The molecule has 0 spiro atoms. The third-order valence-corrected chi connectivity index (χ3v) is 5.94. The van der Waals surface area contributed by atoms with Gasteiger partial charge in [-0.2, -0.15) is 4.37 Å². The number of nitrogens with two attached hydrogens (primary N) is 2. The lowest BCUT2D eigenvalue weighted by Crippen LogP contribution is -2.49. The fourth-order valence-corrected chi connectivity index (χ4v) is 4.28. The second-order valence-electron chi connectivity index (χ2n) is 9.07. The van der Waals surface area contributed by atoms with E-state index in [1.165, 1.54) is 4.90 Å². The van der Waals surface area contributed by atoms with Crippen molar-refractivity contribution in [2.45, 2.75) is 39.3 Å². The molecular formula is C25H29N5O4S. The summed E-state index contributed by atoms with van der Waals surface area (Å²) in [4.78, 5) is 40.8. The summed E-state index contributed by atoms with van der Waals surface area (Å²) in [6.07, 6.45) is 0. The van der Waals surface area contributed by atoms with E-state index in [0.717, 1.165) is 17.1 Å². The molecule has 3 aromatic rings. The summed E-state index contributed by atoms with van der Waals surface area (Å²) in [7, 11) is 1.55. The Labute approximate surface area is 208 Å². The first-order chi connectivity index (χ1) is 16.4. The van der Waals surface area contributed by atoms with Gasteiger partial charge in [0.25, 0.3) is 11.8 Å². The minimum atomic E-state index is -1.06. The Bertz CT molecular complexity index is 1250. The topological polar surface area (TPSA) is 141 Å². The van der Waals surface area contributed by atoms with Crippen LogP contribution in [0.15, 0.2) is 48.5 Å². The third kappa shape index (κ3) is 5.78. The zero-order valence-electron chi connectivity index (χ0n) is 20.3. The Hall–Kier alpha value is -3.92. The normalized spacial score (nSPS) is 12.0. The van der Waals surface area contributed by atoms with Crippen LogP contribution in [0, 0.1) is 6.92 Å². The number of rotatable bonds is 7. The molecule has 10 heteroatoms. The van der Waals surface area contributed by atoms with Crippen LogP contribution < -0.4 is 26.4 Å². The number of benzene rings is 2. The van der Waals surface area contributed by atoms with Crippen molar-refractivity contribution in [1.82, 2.24) is 9.69 Å². The van der Waals surface area contributed by atoms with Crippen molar-refractivity contribution in [3.63, 3.8) is 0 Å². The van der Waals surface area contributed by atoms with Crippen LogP contribution in [0.4, 0.5) is 11.4 Å². The summed E-state index contributed by atoms with van der Waals surface area (Å²) in [6.45, 7) is 7.45. The average molecular weight is 496 g/mol. The maximum atomic E-state index is 14.0. The van der Waals surface area contributed by atoms with E-state index >= 15 is 0 Å². The molecule has 0 unspecified atom stereocenters. The number of aromatic nitrogens is 1. The van der Waals surface area contributed by atoms with Gasteiger partial charge >= 0.3 is 0 Å². The quantitative estimate of drug-likeness (QED) is 0.459. The third-order valence-electron chi connectivity index (χ3n) is 5.09. The van der Waals surface area contributed by atoms with Crippen molar-refractivity contribution in [2.24, 2.45) is 5.73 Å². The van der Waals surface area contributed by atoms with Gasteiger partial charge in [0, 0.05) is 11.2 Å². The number of nitrogen functional groups attached to an aromatic ring is 1. The second-order valence-corrected chi connectivity index (χ2v) is 9.84. The number of amides is 3. The molecule has 3 amide bonds. The molecule has 35 heavy (non-hydrogen) atoms. The molecule has 9 nitrogen and oxygen atoms in total. The van der Waals surface area contributed by atoms with Crippen LogP contribution in [-0.4, -0.2) is 34.7 Å². The number of carbonyl (C=O) groups excluding carboxylic acids is 3. The summed E-state index contributed by atoms with van der Waals surface area (Å²) < 4.78 is 9.23. The van der Waals surface area contributed by atoms with Gasteiger partial charge in [0.1, 0.15) is 16.7 Å². The van der Waals surface area contributed by atoms with Gasteiger partial charge in [0.15, 0.2) is 5.69 Å². The van der Waals surface area contributed by atoms with E-state index in [-0.39, 0.29) is 16.3 Å². The standard InChI is InChI=1S/C25H29N5O4S/c1-14-7-6-8-16(13-14)30(24(33)21-18(26)19(22(27)31)29-35-21)20(23(32)28-25(2,3)4)15-9-11-17(34-5)12-10-15/h6-13,20H,26H2,1-5H3,(H2,27,31)(H,28,32)/t20-/m0/s1. The van der Waals surface area contributed by atoms with Crippen molar-refractivity contribution < 1.29 is 19.1 Å². The molecule has 1 aromatic heterocycles. The van der Waals surface area contributed by atoms with E-state index < -0.39 is 29.3 Å². The maximum Gasteiger partial charge on any atom is 0.273 e. The molecule has 1 heterocycles. The zero-order chi connectivity index (χ0) is 25.9. The van der Waals surface area contributed by atoms with Gasteiger partial charge in [-0.3, -0.25) is 19.3 Å². The van der Waals surface area contributed by atoms with Crippen molar-refractivity contribution in [1.29, 1.82) is 0 Å². The summed E-state index contributed by atoms with van der Waals surface area (Å²) in [5.74, 6) is -1.20. The lowest BCUT2D eigenvalue weighted by Gasteiger charge is -2.33. The van der Waals surface area contributed by atoms with E-state index in [2.05, 4.69) is 9.69 Å². The van der Waals surface area contributed by atoms with Crippen molar-refractivity contribution in [3.8, 4) is 5.75 Å². The number of ether oxygens (including phenoxy) is 1. The van der Waals surface area contributed by atoms with Crippen LogP contribution in [0.25, 0.3) is 0 Å². The highest BCUT2D eigenvalue weighted by molar-refractivity contribution is 7.09. The molecule has 0 aliphatic rings. The van der Waals surface area contributed by atoms with Gasteiger partial charge in [0.2, 0.25) is 5.91 Å². The molecule has 0 saturated carbocycles. The number of methoxy groups -OCH3 is 1. The summed E-state index contributed by atoms with van der Waals surface area (Å²) in [6, 6.07) is 13.0. The number of hydrogen-bond acceptors (Lipinski definition) is 7. The lowest BCUT2D eigenvalue weighted by molar-refractivity contribution is -0.123. The number of carbonyl (C=O) groups is 3. The monoisotopic (exact) mass is 495 g/mol. The van der Waals surface area contributed by atoms with E-state index in [1.807, 2.05) is 33.8 Å². The minimum absolute atomic E-state index is 0.0161. The molecular weight excluding hydrogens is 466 g/mol. The molecule has 5 N–H and O–H groups in total. The smallest absolute Gasteiger partial charge is 0.273 e. The van der Waals surface area contributed by atoms with Crippen molar-refractivity contribution >= 4 is 40.6 Å². The number of anilines is 2. The first-order valence-corrected chi connectivity index (χ1v) is 11.6. The number of aryl methyl sites for hydroxylation is 1. The number of nitrogens with zero attached hydrogens (tertiary/aromatic N) is 2. The van der Waals surface area contributed by atoms with E-state index in [4.69, 9.17) is 16.2 Å². The van der Waals surface area contributed by atoms with Crippen LogP contribution in [0.3, 0.4) is 0 Å². The minimum Gasteiger partial charge on any atom is -0.497 e. The zero-order valence-corrected chi connectivity index (χ0v) is 21.1. The fourth-order valence-electron chi connectivity index (χ4n) is 3.54. The highest BCUT2D eigenvalue weighted by Gasteiger charge is 2.37.